The SMILES string of the molecule is CC(C)CN[C@H]1Cc2cc(ccc2O)-c2ccc(O)c(c2)C[C@@H](C(=O)O)N(C)C(=O)[C@H](CCCN)NC1=O. The number of carboxylic acid groups (broad SMARTS) is 1. The van der Waals surface area contributed by atoms with Gasteiger partial charge in [0.1, 0.15) is 23.6 Å². The first kappa shape index (κ1) is 28.9. The number of aliphatic carboxylic acids is 1. The molecule has 0 saturated heterocycles. The molecule has 0 aromatic heterocycles. The van der Waals surface area contributed by atoms with Gasteiger partial charge in [0.25, 0.3) is 0 Å². The van der Waals surface area contributed by atoms with E-state index in [1.807, 2.05) is 13.8 Å². The van der Waals surface area contributed by atoms with E-state index in [4.69, 9.17) is 5.73 Å². The van der Waals surface area contributed by atoms with Crippen LogP contribution in [-0.2, 0) is 27.2 Å². The van der Waals surface area contributed by atoms with Gasteiger partial charge in [-0.1, -0.05) is 26.0 Å². The van der Waals surface area contributed by atoms with Crippen molar-refractivity contribution in [2.45, 2.75) is 57.7 Å². The highest BCUT2D eigenvalue weighted by atomic mass is 16.4. The predicted octanol–water partition coefficient (Wildman–Crippen LogP) is 1.61. The number of fused-ring (bicyclic) bond motifs is 5. The summed E-state index contributed by atoms with van der Waals surface area (Å²) in [4.78, 5) is 40.4. The molecule has 0 aliphatic carbocycles. The van der Waals surface area contributed by atoms with Gasteiger partial charge in [-0.05, 0) is 78.4 Å². The quantitative estimate of drug-likeness (QED) is 0.317. The van der Waals surface area contributed by atoms with Crippen LogP contribution in [-0.4, -0.2) is 76.3 Å². The maximum absolute atomic E-state index is 13.5. The number of benzene rings is 2. The first-order chi connectivity index (χ1) is 18.0. The lowest BCUT2D eigenvalue weighted by molar-refractivity contribution is -0.150. The van der Waals surface area contributed by atoms with E-state index in [0.29, 0.717) is 36.2 Å². The van der Waals surface area contributed by atoms with Crippen LogP contribution in [0.5, 0.6) is 11.5 Å². The molecule has 206 valence electrons. The third-order valence-corrected chi connectivity index (χ3v) is 6.83. The van der Waals surface area contributed by atoms with Crippen molar-refractivity contribution >= 4 is 17.8 Å². The first-order valence-corrected chi connectivity index (χ1v) is 12.9. The zero-order chi connectivity index (χ0) is 28.0. The number of nitrogens with zero attached hydrogens (tertiary/aromatic N) is 1. The lowest BCUT2D eigenvalue weighted by Gasteiger charge is -2.30. The Labute approximate surface area is 222 Å². The Hall–Kier alpha value is -3.63. The number of aromatic hydroxyl groups is 2. The van der Waals surface area contributed by atoms with Crippen molar-refractivity contribution in [3.05, 3.63) is 47.5 Å². The number of carbonyl (C=O) groups is 3. The number of carbonyl (C=O) groups excluding carboxylic acids is 2. The van der Waals surface area contributed by atoms with Crippen LogP contribution in [0.25, 0.3) is 11.1 Å². The molecule has 0 saturated carbocycles. The number of rotatable bonds is 7. The summed E-state index contributed by atoms with van der Waals surface area (Å²) in [6.07, 6.45) is 0.695. The Morgan fingerprint density at radius 2 is 1.66 bits per heavy atom. The topological polar surface area (TPSA) is 165 Å². The van der Waals surface area contributed by atoms with Crippen LogP contribution in [0.2, 0.25) is 0 Å². The van der Waals surface area contributed by atoms with E-state index in [1.165, 1.54) is 13.1 Å². The molecular weight excluding hydrogens is 488 g/mol. The molecule has 0 unspecified atom stereocenters. The monoisotopic (exact) mass is 526 g/mol. The number of carboxylic acids is 1. The molecule has 10 nitrogen and oxygen atoms in total. The molecule has 0 spiro atoms. The molecule has 2 amide bonds. The van der Waals surface area contributed by atoms with E-state index >= 15 is 0 Å². The van der Waals surface area contributed by atoms with E-state index in [9.17, 15) is 29.7 Å². The maximum atomic E-state index is 13.5. The van der Waals surface area contributed by atoms with Gasteiger partial charge < -0.3 is 36.6 Å². The number of hydrogen-bond acceptors (Lipinski definition) is 7. The summed E-state index contributed by atoms with van der Waals surface area (Å²) in [7, 11) is 1.39. The van der Waals surface area contributed by atoms with Crippen LogP contribution in [0, 0.1) is 5.92 Å². The molecule has 2 aromatic rings. The fourth-order valence-corrected chi connectivity index (χ4v) is 4.56. The van der Waals surface area contributed by atoms with Gasteiger partial charge in [-0.3, -0.25) is 9.59 Å². The highest BCUT2D eigenvalue weighted by molar-refractivity contribution is 5.92. The molecule has 10 heteroatoms. The molecule has 4 bridgehead atoms. The lowest BCUT2D eigenvalue weighted by atomic mass is 9.95. The molecule has 0 radical (unpaired) electrons. The largest absolute Gasteiger partial charge is 0.508 e. The van der Waals surface area contributed by atoms with Crippen LogP contribution in [0.4, 0.5) is 0 Å². The fourth-order valence-electron chi connectivity index (χ4n) is 4.56. The van der Waals surface area contributed by atoms with Crippen molar-refractivity contribution in [1.82, 2.24) is 15.5 Å². The Morgan fingerprint density at radius 3 is 2.18 bits per heavy atom. The molecule has 1 heterocycles. The summed E-state index contributed by atoms with van der Waals surface area (Å²) in [6.45, 7) is 4.84. The van der Waals surface area contributed by atoms with E-state index in [-0.39, 0.29) is 36.7 Å². The molecule has 3 rings (SSSR count). The second-order valence-corrected chi connectivity index (χ2v) is 10.2. The fraction of sp³-hybridized carbons (Fsp3) is 0.464. The Balaban J connectivity index is 2.15. The van der Waals surface area contributed by atoms with E-state index in [2.05, 4.69) is 10.6 Å². The minimum atomic E-state index is -1.28. The molecule has 7 N–H and O–H groups in total. The van der Waals surface area contributed by atoms with Gasteiger partial charge in [0.05, 0.1) is 6.04 Å². The molecular formula is C28H38N4O6. The Morgan fingerprint density at radius 1 is 1.08 bits per heavy atom. The second-order valence-electron chi connectivity index (χ2n) is 10.2. The van der Waals surface area contributed by atoms with Crippen molar-refractivity contribution < 1.29 is 29.7 Å². The predicted molar refractivity (Wildman–Crippen MR) is 144 cm³/mol. The Bertz CT molecular complexity index is 1170. The molecule has 1 aliphatic heterocycles. The zero-order valence-corrected chi connectivity index (χ0v) is 22.1. The van der Waals surface area contributed by atoms with Crippen LogP contribution < -0.4 is 16.4 Å². The zero-order valence-electron chi connectivity index (χ0n) is 22.1. The summed E-state index contributed by atoms with van der Waals surface area (Å²) in [5.74, 6) is -2.04. The molecule has 0 fully saturated rings. The van der Waals surface area contributed by atoms with Crippen LogP contribution >= 0.6 is 0 Å². The van der Waals surface area contributed by atoms with Gasteiger partial charge in [0.15, 0.2) is 0 Å². The summed E-state index contributed by atoms with van der Waals surface area (Å²) in [5.41, 5.74) is 8.00. The van der Waals surface area contributed by atoms with E-state index in [1.54, 1.807) is 30.3 Å². The standard InChI is InChI=1S/C28H38N4O6/c1-16(2)15-30-22-13-19-11-17(6-8-24(19)33)18-7-9-25(34)20(12-18)14-23(28(37)38)32(3)27(36)21(5-4-10-29)31-26(22)35/h6-9,11-12,16,21-23,30,33-34H,4-5,10,13-15,29H2,1-3H3,(H,31,35)(H,37,38)/t21-,22-,23-/m0/s1. The van der Waals surface area contributed by atoms with Gasteiger partial charge >= 0.3 is 5.97 Å². The van der Waals surface area contributed by atoms with Gasteiger partial charge in [0, 0.05) is 19.9 Å². The maximum Gasteiger partial charge on any atom is 0.326 e. The third kappa shape index (κ3) is 7.02. The number of phenols is 2. The average Bonchev–Trinajstić information content (AvgIpc) is 2.87. The van der Waals surface area contributed by atoms with Gasteiger partial charge in [-0.2, -0.15) is 0 Å². The summed E-state index contributed by atoms with van der Waals surface area (Å²) in [6, 6.07) is 6.88. The smallest absolute Gasteiger partial charge is 0.326 e. The first-order valence-electron chi connectivity index (χ1n) is 12.9. The van der Waals surface area contributed by atoms with Gasteiger partial charge in [0.2, 0.25) is 11.8 Å². The van der Waals surface area contributed by atoms with Crippen molar-refractivity contribution in [2.24, 2.45) is 11.7 Å². The highest BCUT2D eigenvalue weighted by Crippen LogP contribution is 2.31. The van der Waals surface area contributed by atoms with Crippen molar-refractivity contribution in [3.8, 4) is 22.6 Å². The van der Waals surface area contributed by atoms with Crippen molar-refractivity contribution in [1.29, 1.82) is 0 Å². The average molecular weight is 527 g/mol. The summed E-state index contributed by atoms with van der Waals surface area (Å²) in [5, 5.41) is 37.2. The van der Waals surface area contributed by atoms with E-state index in [0.717, 1.165) is 10.5 Å². The van der Waals surface area contributed by atoms with Crippen LogP contribution in [0.1, 0.15) is 37.8 Å². The number of amides is 2. The van der Waals surface area contributed by atoms with Crippen LogP contribution in [0.3, 0.4) is 0 Å². The molecule has 2 aromatic carbocycles. The van der Waals surface area contributed by atoms with Crippen LogP contribution in [0.15, 0.2) is 36.4 Å². The highest BCUT2D eigenvalue weighted by Gasteiger charge is 2.34. The summed E-state index contributed by atoms with van der Waals surface area (Å²) >= 11 is 0. The van der Waals surface area contributed by atoms with Crippen molar-refractivity contribution in [2.75, 3.05) is 20.1 Å². The summed E-state index contributed by atoms with van der Waals surface area (Å²) < 4.78 is 0. The molecule has 3 atom stereocenters. The normalized spacial score (nSPS) is 20.6. The number of nitrogens with one attached hydrogen (secondary N) is 2. The van der Waals surface area contributed by atoms with Gasteiger partial charge in [-0.25, -0.2) is 4.79 Å². The second kappa shape index (κ2) is 12.7. The number of phenolic OH excluding ortho intramolecular Hbond substituents is 2. The molecule has 38 heavy (non-hydrogen) atoms. The number of nitrogens with two attached hydrogens (primary N) is 1. The van der Waals surface area contributed by atoms with E-state index < -0.39 is 35.9 Å². The minimum absolute atomic E-state index is 0.0302. The lowest BCUT2D eigenvalue weighted by Crippen LogP contribution is -2.56. The Kier molecular flexibility index (Phi) is 9.71. The molecule has 1 aliphatic rings. The minimum Gasteiger partial charge on any atom is -0.508 e. The van der Waals surface area contributed by atoms with Gasteiger partial charge in [-0.15, -0.1) is 0 Å². The number of likely N-dealkylation sites (N-methyl/N-ethyl adjacent to an activating group) is 1. The number of hydrogen-bond donors (Lipinski definition) is 6. The third-order valence-electron chi connectivity index (χ3n) is 6.83. The van der Waals surface area contributed by atoms with Crippen molar-refractivity contribution in [3.63, 3.8) is 0 Å².